The van der Waals surface area contributed by atoms with Crippen LogP contribution < -0.4 is 5.73 Å². The molecule has 1 aromatic rings. The molecule has 1 amide bonds. The lowest BCUT2D eigenvalue weighted by molar-refractivity contribution is -0.136. The molecular formula is C11H17ClN2OS. The number of nitrogens with two attached hydrogens (primary N) is 1. The molecule has 5 heteroatoms. The van der Waals surface area contributed by atoms with E-state index in [1.54, 1.807) is 18.7 Å². The van der Waals surface area contributed by atoms with Crippen molar-refractivity contribution < 1.29 is 4.79 Å². The van der Waals surface area contributed by atoms with Gasteiger partial charge in [-0.25, -0.2) is 0 Å². The number of hydrogen-bond donors (Lipinski definition) is 1. The Morgan fingerprint density at radius 3 is 2.56 bits per heavy atom. The van der Waals surface area contributed by atoms with Gasteiger partial charge in [0.25, 0.3) is 0 Å². The Hall–Kier alpha value is -0.580. The topological polar surface area (TPSA) is 46.3 Å². The Bertz CT molecular complexity index is 370. The van der Waals surface area contributed by atoms with E-state index in [0.717, 1.165) is 9.21 Å². The highest BCUT2D eigenvalue weighted by Crippen LogP contribution is 2.23. The van der Waals surface area contributed by atoms with Crippen LogP contribution in [0.3, 0.4) is 0 Å². The van der Waals surface area contributed by atoms with Crippen molar-refractivity contribution in [3.63, 3.8) is 0 Å². The van der Waals surface area contributed by atoms with Gasteiger partial charge < -0.3 is 10.6 Å². The molecule has 0 radical (unpaired) electrons. The zero-order chi connectivity index (χ0) is 12.3. The van der Waals surface area contributed by atoms with Crippen LogP contribution in [0, 0.1) is 0 Å². The molecule has 2 N–H and O–H groups in total. The Morgan fingerprint density at radius 1 is 1.56 bits per heavy atom. The maximum Gasteiger partial charge on any atom is 0.242 e. The second-order valence-corrected chi connectivity index (χ2v) is 6.05. The molecule has 0 saturated carbocycles. The summed E-state index contributed by atoms with van der Waals surface area (Å²) < 4.78 is 0.741. The molecular weight excluding hydrogens is 244 g/mol. The number of nitrogens with zero attached hydrogens (tertiary/aromatic N) is 1. The lowest BCUT2D eigenvalue weighted by Gasteiger charge is -2.27. The van der Waals surface area contributed by atoms with Gasteiger partial charge >= 0.3 is 0 Å². The van der Waals surface area contributed by atoms with Crippen LogP contribution in [-0.4, -0.2) is 22.9 Å². The summed E-state index contributed by atoms with van der Waals surface area (Å²) in [5.41, 5.74) is 4.98. The van der Waals surface area contributed by atoms with E-state index in [4.69, 9.17) is 17.3 Å². The Morgan fingerprint density at radius 2 is 2.19 bits per heavy atom. The predicted octanol–water partition coefficient (Wildman–Crippen LogP) is 2.49. The summed E-state index contributed by atoms with van der Waals surface area (Å²) >= 11 is 7.34. The summed E-state index contributed by atoms with van der Waals surface area (Å²) in [6.07, 6.45) is 0. The van der Waals surface area contributed by atoms with Crippen molar-refractivity contribution in [2.75, 3.05) is 6.54 Å². The standard InChI is InChI=1S/C11H17ClN2OS/c1-4-14(10(15)11(2,3)13)7-8-5-6-9(12)16-8/h5-6H,4,7,13H2,1-3H3. The van der Waals surface area contributed by atoms with Crippen molar-refractivity contribution in [1.29, 1.82) is 0 Å². The number of thiophene rings is 1. The van der Waals surface area contributed by atoms with E-state index in [9.17, 15) is 4.79 Å². The smallest absolute Gasteiger partial charge is 0.242 e. The summed E-state index contributed by atoms with van der Waals surface area (Å²) in [5.74, 6) is -0.0421. The van der Waals surface area contributed by atoms with E-state index in [2.05, 4.69) is 0 Å². The van der Waals surface area contributed by atoms with E-state index >= 15 is 0 Å². The van der Waals surface area contributed by atoms with E-state index in [1.807, 2.05) is 19.1 Å². The van der Waals surface area contributed by atoms with Crippen molar-refractivity contribution >= 4 is 28.8 Å². The predicted molar refractivity (Wildman–Crippen MR) is 68.7 cm³/mol. The van der Waals surface area contributed by atoms with Crippen molar-refractivity contribution in [1.82, 2.24) is 4.90 Å². The highest BCUT2D eigenvalue weighted by atomic mass is 35.5. The van der Waals surface area contributed by atoms with Crippen LogP contribution in [0.4, 0.5) is 0 Å². The van der Waals surface area contributed by atoms with Crippen LogP contribution >= 0.6 is 22.9 Å². The number of hydrogen-bond acceptors (Lipinski definition) is 3. The fourth-order valence-corrected chi connectivity index (χ4v) is 2.46. The first kappa shape index (κ1) is 13.5. The van der Waals surface area contributed by atoms with Crippen molar-refractivity contribution in [2.24, 2.45) is 5.73 Å². The van der Waals surface area contributed by atoms with Gasteiger partial charge in [-0.1, -0.05) is 11.6 Å². The first-order valence-corrected chi connectivity index (χ1v) is 6.36. The fourth-order valence-electron chi connectivity index (χ4n) is 1.36. The summed E-state index contributed by atoms with van der Waals surface area (Å²) in [4.78, 5) is 14.8. The van der Waals surface area contributed by atoms with Gasteiger partial charge in [0.1, 0.15) is 0 Å². The van der Waals surface area contributed by atoms with E-state index in [0.29, 0.717) is 13.1 Å². The lowest BCUT2D eigenvalue weighted by Crippen LogP contribution is -2.50. The molecule has 0 spiro atoms. The average Bonchev–Trinajstić information content (AvgIpc) is 2.58. The third-order valence-electron chi connectivity index (χ3n) is 2.20. The normalized spacial score (nSPS) is 11.6. The number of likely N-dealkylation sites (N-methyl/N-ethyl adjacent to an activating group) is 1. The average molecular weight is 261 g/mol. The number of halogens is 1. The summed E-state index contributed by atoms with van der Waals surface area (Å²) in [7, 11) is 0. The quantitative estimate of drug-likeness (QED) is 0.904. The molecule has 0 aliphatic heterocycles. The van der Waals surface area contributed by atoms with Crippen LogP contribution in [0.15, 0.2) is 12.1 Å². The summed E-state index contributed by atoms with van der Waals surface area (Å²) in [6, 6.07) is 3.78. The van der Waals surface area contributed by atoms with Gasteiger partial charge in [0.2, 0.25) is 5.91 Å². The zero-order valence-electron chi connectivity index (χ0n) is 9.79. The Kier molecular flexibility index (Phi) is 4.35. The third-order valence-corrected chi connectivity index (χ3v) is 3.41. The van der Waals surface area contributed by atoms with Gasteiger partial charge in [0.15, 0.2) is 0 Å². The molecule has 90 valence electrons. The Labute approximate surface area is 105 Å². The van der Waals surface area contributed by atoms with Gasteiger partial charge in [-0.3, -0.25) is 4.79 Å². The minimum Gasteiger partial charge on any atom is -0.336 e. The molecule has 16 heavy (non-hydrogen) atoms. The van der Waals surface area contributed by atoms with Crippen LogP contribution in [0.2, 0.25) is 4.34 Å². The molecule has 1 heterocycles. The van der Waals surface area contributed by atoms with Crippen molar-refractivity contribution in [3.05, 3.63) is 21.3 Å². The summed E-state index contributed by atoms with van der Waals surface area (Å²) in [6.45, 7) is 6.61. The van der Waals surface area contributed by atoms with Crippen LogP contribution in [0.1, 0.15) is 25.6 Å². The Balaban J connectivity index is 2.73. The van der Waals surface area contributed by atoms with Crippen LogP contribution in [0.25, 0.3) is 0 Å². The van der Waals surface area contributed by atoms with Gasteiger partial charge in [-0.05, 0) is 32.9 Å². The van der Waals surface area contributed by atoms with Crippen molar-refractivity contribution in [3.8, 4) is 0 Å². The lowest BCUT2D eigenvalue weighted by atomic mass is 10.1. The molecule has 1 aromatic heterocycles. The first-order chi connectivity index (χ1) is 7.34. The minimum atomic E-state index is -0.822. The SMILES string of the molecule is CCN(Cc1ccc(Cl)s1)C(=O)C(C)(C)N. The molecule has 0 saturated heterocycles. The molecule has 0 aliphatic rings. The van der Waals surface area contributed by atoms with Gasteiger partial charge in [-0.2, -0.15) is 0 Å². The zero-order valence-corrected chi connectivity index (χ0v) is 11.4. The molecule has 3 nitrogen and oxygen atoms in total. The maximum atomic E-state index is 12.0. The molecule has 1 rings (SSSR count). The van der Waals surface area contributed by atoms with Crippen LogP contribution in [-0.2, 0) is 11.3 Å². The number of carbonyl (C=O) groups excluding carboxylic acids is 1. The molecule has 0 atom stereocenters. The first-order valence-electron chi connectivity index (χ1n) is 5.17. The third kappa shape index (κ3) is 3.47. The van der Waals surface area contributed by atoms with Gasteiger partial charge in [-0.15, -0.1) is 11.3 Å². The molecule has 0 unspecified atom stereocenters. The molecule has 0 aromatic carbocycles. The van der Waals surface area contributed by atoms with Gasteiger partial charge in [0, 0.05) is 11.4 Å². The van der Waals surface area contributed by atoms with E-state index < -0.39 is 5.54 Å². The molecule has 0 bridgehead atoms. The maximum absolute atomic E-state index is 12.0. The fraction of sp³-hybridized carbons (Fsp3) is 0.545. The highest BCUT2D eigenvalue weighted by Gasteiger charge is 2.27. The van der Waals surface area contributed by atoms with Crippen LogP contribution in [0.5, 0.6) is 0 Å². The largest absolute Gasteiger partial charge is 0.336 e. The number of rotatable bonds is 4. The molecule has 0 aliphatic carbocycles. The minimum absolute atomic E-state index is 0.0421. The monoisotopic (exact) mass is 260 g/mol. The number of amides is 1. The highest BCUT2D eigenvalue weighted by molar-refractivity contribution is 7.16. The second kappa shape index (κ2) is 5.17. The number of carbonyl (C=O) groups is 1. The second-order valence-electron chi connectivity index (χ2n) is 4.25. The molecule has 0 fully saturated rings. The van der Waals surface area contributed by atoms with Gasteiger partial charge in [0.05, 0.1) is 16.4 Å². The van der Waals surface area contributed by atoms with E-state index in [1.165, 1.54) is 11.3 Å². The van der Waals surface area contributed by atoms with Crippen molar-refractivity contribution in [2.45, 2.75) is 32.9 Å². The van der Waals surface area contributed by atoms with E-state index in [-0.39, 0.29) is 5.91 Å². The summed E-state index contributed by atoms with van der Waals surface area (Å²) in [5, 5.41) is 0.